The Kier molecular flexibility index (Phi) is 3.86. The van der Waals surface area contributed by atoms with Crippen LogP contribution in [-0.4, -0.2) is 18.9 Å². The monoisotopic (exact) mass is 254 g/mol. The summed E-state index contributed by atoms with van der Waals surface area (Å²) in [5.74, 6) is 0. The summed E-state index contributed by atoms with van der Waals surface area (Å²) in [5, 5.41) is 6.11. The van der Waals surface area contributed by atoms with E-state index in [1.165, 1.54) is 0 Å². The summed E-state index contributed by atoms with van der Waals surface area (Å²) in [5.41, 5.74) is 1.66. The molecule has 1 unspecified atom stereocenters. The van der Waals surface area contributed by atoms with Gasteiger partial charge in [0, 0.05) is 17.3 Å². The topological polar surface area (TPSA) is 50.4 Å². The minimum Gasteiger partial charge on any atom is -0.358 e. The lowest BCUT2D eigenvalue weighted by atomic mass is 10.2. The fraction of sp³-hybridized carbons (Fsp3) is 0.417. The number of carbonyl (C=O) groups is 1. The van der Waals surface area contributed by atoms with Gasteiger partial charge in [-0.3, -0.25) is 0 Å². The van der Waals surface area contributed by atoms with Crippen molar-refractivity contribution in [2.75, 3.05) is 11.9 Å². The second-order valence-corrected chi connectivity index (χ2v) is 4.47. The van der Waals surface area contributed by atoms with Crippen molar-refractivity contribution < 1.29 is 9.53 Å². The van der Waals surface area contributed by atoms with E-state index in [0.29, 0.717) is 17.3 Å². The van der Waals surface area contributed by atoms with Crippen LogP contribution in [0.1, 0.15) is 18.4 Å². The number of halogens is 1. The lowest BCUT2D eigenvalue weighted by Gasteiger charge is -2.13. The van der Waals surface area contributed by atoms with Crippen molar-refractivity contribution in [1.29, 1.82) is 0 Å². The van der Waals surface area contributed by atoms with Gasteiger partial charge in [0.2, 0.25) is 0 Å². The van der Waals surface area contributed by atoms with Crippen LogP contribution < -0.4 is 10.6 Å². The van der Waals surface area contributed by atoms with Crippen LogP contribution in [0.15, 0.2) is 18.2 Å². The van der Waals surface area contributed by atoms with Crippen LogP contribution in [0.4, 0.5) is 10.5 Å². The van der Waals surface area contributed by atoms with Gasteiger partial charge in [-0.2, -0.15) is 0 Å². The van der Waals surface area contributed by atoms with Crippen molar-refractivity contribution in [2.24, 2.45) is 0 Å². The Morgan fingerprint density at radius 1 is 1.53 bits per heavy atom. The number of aryl methyl sites for hydroxylation is 1. The molecular formula is C12H15ClN2O2. The molecule has 1 aliphatic rings. The summed E-state index contributed by atoms with van der Waals surface area (Å²) in [6.07, 6.45) is 1.68. The predicted molar refractivity (Wildman–Crippen MR) is 67.3 cm³/mol. The van der Waals surface area contributed by atoms with Crippen LogP contribution in [0.3, 0.4) is 0 Å². The maximum absolute atomic E-state index is 11.6. The highest BCUT2D eigenvalue weighted by atomic mass is 35.5. The average Bonchev–Trinajstić information content (AvgIpc) is 2.76. The minimum atomic E-state index is -0.267. The molecule has 2 amide bonds. The fourth-order valence-electron chi connectivity index (χ4n) is 1.68. The molecule has 0 aromatic heterocycles. The van der Waals surface area contributed by atoms with Gasteiger partial charge in [-0.15, -0.1) is 0 Å². The third-order valence-corrected chi connectivity index (χ3v) is 3.06. The minimum absolute atomic E-state index is 0.170. The second-order valence-electron chi connectivity index (χ2n) is 4.06. The van der Waals surface area contributed by atoms with Crippen LogP contribution >= 0.6 is 11.6 Å². The number of amides is 2. The molecule has 92 valence electrons. The van der Waals surface area contributed by atoms with E-state index in [-0.39, 0.29) is 12.3 Å². The van der Waals surface area contributed by atoms with E-state index in [0.717, 1.165) is 18.4 Å². The molecule has 17 heavy (non-hydrogen) atoms. The molecular weight excluding hydrogens is 240 g/mol. The van der Waals surface area contributed by atoms with Crippen molar-refractivity contribution in [3.8, 4) is 0 Å². The molecule has 5 heteroatoms. The first-order valence-electron chi connectivity index (χ1n) is 5.60. The van der Waals surface area contributed by atoms with E-state index >= 15 is 0 Å². The fourth-order valence-corrected chi connectivity index (χ4v) is 1.86. The number of rotatable bonds is 2. The summed E-state index contributed by atoms with van der Waals surface area (Å²) in [4.78, 5) is 11.6. The number of benzene rings is 1. The molecule has 1 saturated heterocycles. The van der Waals surface area contributed by atoms with Crippen LogP contribution in [0, 0.1) is 6.92 Å². The molecule has 4 nitrogen and oxygen atoms in total. The third-order valence-electron chi connectivity index (χ3n) is 2.65. The number of carbonyl (C=O) groups excluding carboxylic acids is 1. The second kappa shape index (κ2) is 5.38. The number of hydrogen-bond donors (Lipinski definition) is 2. The van der Waals surface area contributed by atoms with Gasteiger partial charge in [-0.25, -0.2) is 4.79 Å². The number of hydrogen-bond acceptors (Lipinski definition) is 2. The highest BCUT2D eigenvalue weighted by molar-refractivity contribution is 6.31. The van der Waals surface area contributed by atoms with Gasteiger partial charge in [-0.05, 0) is 37.5 Å². The Morgan fingerprint density at radius 3 is 3.00 bits per heavy atom. The normalized spacial score (nSPS) is 19.1. The quantitative estimate of drug-likeness (QED) is 0.853. The SMILES string of the molecule is Cc1ccc(NC(=O)NC2CCCO2)cc1Cl. The Morgan fingerprint density at radius 2 is 2.35 bits per heavy atom. The van der Waals surface area contributed by atoms with Gasteiger partial charge in [0.15, 0.2) is 0 Å². The van der Waals surface area contributed by atoms with Gasteiger partial charge < -0.3 is 15.4 Å². The predicted octanol–water partition coefficient (Wildman–Crippen LogP) is 2.91. The van der Waals surface area contributed by atoms with Crippen LogP contribution in [0.5, 0.6) is 0 Å². The van der Waals surface area contributed by atoms with E-state index < -0.39 is 0 Å². The smallest absolute Gasteiger partial charge is 0.321 e. The van der Waals surface area contributed by atoms with Crippen molar-refractivity contribution in [2.45, 2.75) is 26.0 Å². The molecule has 2 rings (SSSR count). The Labute approximate surface area is 105 Å². The molecule has 0 saturated carbocycles. The first-order valence-corrected chi connectivity index (χ1v) is 5.98. The number of nitrogens with one attached hydrogen (secondary N) is 2. The molecule has 1 fully saturated rings. The first kappa shape index (κ1) is 12.2. The molecule has 1 heterocycles. The Hall–Kier alpha value is -1.26. The summed E-state index contributed by atoms with van der Waals surface area (Å²) in [6, 6.07) is 5.14. The lowest BCUT2D eigenvalue weighted by molar-refractivity contribution is 0.0928. The standard InChI is InChI=1S/C12H15ClN2O2/c1-8-4-5-9(7-10(8)13)14-12(16)15-11-3-2-6-17-11/h4-5,7,11H,2-3,6H2,1H3,(H2,14,15,16). The molecule has 0 spiro atoms. The van der Waals surface area contributed by atoms with E-state index in [9.17, 15) is 4.79 Å². The maximum atomic E-state index is 11.6. The largest absolute Gasteiger partial charge is 0.358 e. The highest BCUT2D eigenvalue weighted by Crippen LogP contribution is 2.20. The molecule has 0 aliphatic carbocycles. The molecule has 1 aromatic rings. The van der Waals surface area contributed by atoms with Gasteiger partial charge in [0.05, 0.1) is 0 Å². The third kappa shape index (κ3) is 3.35. The maximum Gasteiger partial charge on any atom is 0.321 e. The van der Waals surface area contributed by atoms with E-state index in [1.54, 1.807) is 6.07 Å². The van der Waals surface area contributed by atoms with Crippen LogP contribution in [0.2, 0.25) is 5.02 Å². The van der Waals surface area contributed by atoms with Gasteiger partial charge >= 0.3 is 6.03 Å². The summed E-state index contributed by atoms with van der Waals surface area (Å²) in [6.45, 7) is 2.62. The van der Waals surface area contributed by atoms with Gasteiger partial charge in [0.1, 0.15) is 6.23 Å². The molecule has 2 N–H and O–H groups in total. The zero-order valence-corrected chi connectivity index (χ0v) is 10.4. The van der Waals surface area contributed by atoms with Gasteiger partial charge in [-0.1, -0.05) is 17.7 Å². The zero-order chi connectivity index (χ0) is 12.3. The zero-order valence-electron chi connectivity index (χ0n) is 9.63. The van der Waals surface area contributed by atoms with Crippen LogP contribution in [0.25, 0.3) is 0 Å². The van der Waals surface area contributed by atoms with Crippen molar-refractivity contribution in [3.05, 3.63) is 28.8 Å². The first-order chi connectivity index (χ1) is 8.15. The van der Waals surface area contributed by atoms with Crippen molar-refractivity contribution >= 4 is 23.3 Å². The van der Waals surface area contributed by atoms with E-state index in [2.05, 4.69) is 10.6 Å². The molecule has 1 atom stereocenters. The molecule has 1 aromatic carbocycles. The number of anilines is 1. The Balaban J connectivity index is 1.90. The van der Waals surface area contributed by atoms with E-state index in [1.807, 2.05) is 19.1 Å². The summed E-state index contributed by atoms with van der Waals surface area (Å²) >= 11 is 5.97. The van der Waals surface area contributed by atoms with E-state index in [4.69, 9.17) is 16.3 Å². The molecule has 0 radical (unpaired) electrons. The average molecular weight is 255 g/mol. The van der Waals surface area contributed by atoms with Crippen molar-refractivity contribution in [1.82, 2.24) is 5.32 Å². The van der Waals surface area contributed by atoms with Crippen molar-refractivity contribution in [3.63, 3.8) is 0 Å². The van der Waals surface area contributed by atoms with Crippen LogP contribution in [-0.2, 0) is 4.74 Å². The summed E-state index contributed by atoms with van der Waals surface area (Å²) < 4.78 is 5.31. The number of ether oxygens (including phenoxy) is 1. The highest BCUT2D eigenvalue weighted by Gasteiger charge is 2.17. The molecule has 0 bridgehead atoms. The van der Waals surface area contributed by atoms with Gasteiger partial charge in [0.25, 0.3) is 0 Å². The summed E-state index contributed by atoms with van der Waals surface area (Å²) in [7, 11) is 0. The number of urea groups is 1. The lowest BCUT2D eigenvalue weighted by Crippen LogP contribution is -2.37. The Bertz CT molecular complexity index is 417. The molecule has 1 aliphatic heterocycles.